The summed E-state index contributed by atoms with van der Waals surface area (Å²) in [6, 6.07) is 1.85. The molecule has 10 nitrogen and oxygen atoms in total. The molecule has 0 amide bonds. The first-order valence-electron chi connectivity index (χ1n) is 12.6. The number of piperidine rings is 1. The van der Waals surface area contributed by atoms with E-state index in [4.69, 9.17) is 24.9 Å². The van der Waals surface area contributed by atoms with Crippen molar-refractivity contribution in [3.63, 3.8) is 0 Å². The number of rotatable bonds is 5. The van der Waals surface area contributed by atoms with Crippen LogP contribution in [0.25, 0.3) is 5.57 Å². The van der Waals surface area contributed by atoms with Gasteiger partial charge in [-0.3, -0.25) is 0 Å². The van der Waals surface area contributed by atoms with Gasteiger partial charge in [-0.2, -0.15) is 4.98 Å². The summed E-state index contributed by atoms with van der Waals surface area (Å²) in [5.74, 6) is 1.50. The highest BCUT2D eigenvalue weighted by atomic mass is 16.5. The maximum atomic E-state index is 6.21. The molecule has 0 bridgehead atoms. The summed E-state index contributed by atoms with van der Waals surface area (Å²) in [5.41, 5.74) is 7.26. The van der Waals surface area contributed by atoms with E-state index in [0.29, 0.717) is 36.7 Å². The number of guanidine groups is 1. The fraction of sp³-hybridized carbons (Fsp3) is 0.708. The number of aromatic nitrogens is 2. The smallest absolute Gasteiger partial charge is 0.229 e. The Morgan fingerprint density at radius 1 is 1.03 bits per heavy atom. The van der Waals surface area contributed by atoms with Crippen LogP contribution in [0.4, 0.5) is 5.95 Å². The summed E-state index contributed by atoms with van der Waals surface area (Å²) in [7, 11) is 1.59. The van der Waals surface area contributed by atoms with Gasteiger partial charge >= 0.3 is 0 Å². The number of hydrogen-bond donors (Lipinski definition) is 3. The molecule has 0 spiro atoms. The molecule has 0 aliphatic carbocycles. The number of nitrogens with zero attached hydrogens (tertiary/aromatic N) is 4. The van der Waals surface area contributed by atoms with Gasteiger partial charge in [0, 0.05) is 38.0 Å². The third kappa shape index (κ3) is 8.73. The molecule has 34 heavy (non-hydrogen) atoms. The minimum Gasteiger partial charge on any atom is -0.474 e. The van der Waals surface area contributed by atoms with E-state index in [-0.39, 0.29) is 6.10 Å². The predicted molar refractivity (Wildman–Crippen MR) is 139 cm³/mol. The lowest BCUT2D eigenvalue weighted by molar-refractivity contribution is 0.121. The van der Waals surface area contributed by atoms with E-state index in [0.717, 1.165) is 44.6 Å². The van der Waals surface area contributed by atoms with Gasteiger partial charge in [0.25, 0.3) is 0 Å². The third-order valence-electron chi connectivity index (χ3n) is 4.98. The molecule has 2 saturated heterocycles. The molecule has 1 unspecified atom stereocenters. The second kappa shape index (κ2) is 17.1. The van der Waals surface area contributed by atoms with E-state index in [1.165, 1.54) is 0 Å². The van der Waals surface area contributed by atoms with Crippen molar-refractivity contribution in [1.29, 1.82) is 0 Å². The van der Waals surface area contributed by atoms with Crippen molar-refractivity contribution >= 4 is 17.5 Å². The number of aliphatic imine (C=N–C) groups is 1. The van der Waals surface area contributed by atoms with Gasteiger partial charge in [-0.15, -0.1) is 0 Å². The van der Waals surface area contributed by atoms with E-state index in [1.807, 2.05) is 47.6 Å². The molecule has 4 heterocycles. The monoisotopic (exact) mass is 479 g/mol. The van der Waals surface area contributed by atoms with Crippen LogP contribution in [-0.4, -0.2) is 74.8 Å². The van der Waals surface area contributed by atoms with Crippen molar-refractivity contribution < 1.29 is 14.2 Å². The normalized spacial score (nSPS) is 20.0. The van der Waals surface area contributed by atoms with Crippen LogP contribution in [-0.2, 0) is 9.47 Å². The molecule has 0 saturated carbocycles. The standard InChI is InChI=1S/C18H27N7O3.3C2H6/c1-26-16-13(11-21-17(19)24-16)14-10-15(28-12-2-4-20-5-3-12)23-18(22-14)25-6-8-27-9-7-25;3*1-2/h10-12,16,20H,2-9H2,1H3,(H3,19,21,24);3*1-2H3. The van der Waals surface area contributed by atoms with Crippen LogP contribution in [0.1, 0.15) is 60.1 Å². The van der Waals surface area contributed by atoms with Crippen LogP contribution in [0.5, 0.6) is 5.88 Å². The summed E-state index contributed by atoms with van der Waals surface area (Å²) >= 11 is 0. The number of nitrogens with two attached hydrogens (primary N) is 1. The molecule has 1 atom stereocenters. The Balaban J connectivity index is 0.000000894. The Morgan fingerprint density at radius 3 is 2.29 bits per heavy atom. The molecule has 10 heteroatoms. The van der Waals surface area contributed by atoms with Crippen LogP contribution in [0.3, 0.4) is 0 Å². The van der Waals surface area contributed by atoms with Gasteiger partial charge < -0.3 is 35.5 Å². The quantitative estimate of drug-likeness (QED) is 0.585. The van der Waals surface area contributed by atoms with Crippen molar-refractivity contribution in [3.05, 3.63) is 18.0 Å². The van der Waals surface area contributed by atoms with Crippen LogP contribution >= 0.6 is 0 Å². The van der Waals surface area contributed by atoms with Gasteiger partial charge in [0.15, 0.2) is 12.2 Å². The molecule has 1 aromatic rings. The first kappa shape index (κ1) is 29.6. The SMILES string of the molecule is CC.CC.CC.COC1N=C(N)NC=C1c1cc(OC2CCNCC2)nc(N2CCOCC2)n1. The Bertz CT molecular complexity index is 746. The maximum absolute atomic E-state index is 6.21. The number of anilines is 1. The zero-order chi connectivity index (χ0) is 25.3. The minimum absolute atomic E-state index is 0.145. The van der Waals surface area contributed by atoms with Crippen molar-refractivity contribution in [1.82, 2.24) is 20.6 Å². The van der Waals surface area contributed by atoms with Crippen LogP contribution < -0.4 is 26.0 Å². The van der Waals surface area contributed by atoms with Gasteiger partial charge in [-0.25, -0.2) is 9.98 Å². The van der Waals surface area contributed by atoms with E-state index < -0.39 is 6.23 Å². The third-order valence-corrected chi connectivity index (χ3v) is 4.98. The van der Waals surface area contributed by atoms with Crippen LogP contribution in [0.15, 0.2) is 17.3 Å². The largest absolute Gasteiger partial charge is 0.474 e. The lowest BCUT2D eigenvalue weighted by Crippen LogP contribution is -2.38. The van der Waals surface area contributed by atoms with Crippen molar-refractivity contribution in [2.75, 3.05) is 51.4 Å². The molecule has 4 rings (SSSR count). The Labute approximate surface area is 205 Å². The summed E-state index contributed by atoms with van der Waals surface area (Å²) in [6.45, 7) is 16.7. The van der Waals surface area contributed by atoms with E-state index >= 15 is 0 Å². The number of hydrogen-bond acceptors (Lipinski definition) is 10. The van der Waals surface area contributed by atoms with Crippen molar-refractivity contribution in [2.24, 2.45) is 10.7 Å². The Morgan fingerprint density at radius 2 is 1.68 bits per heavy atom. The number of nitrogens with one attached hydrogen (secondary N) is 2. The number of ether oxygens (including phenoxy) is 3. The summed E-state index contributed by atoms with van der Waals surface area (Å²) in [4.78, 5) is 15.9. The zero-order valence-corrected chi connectivity index (χ0v) is 22.1. The first-order valence-corrected chi connectivity index (χ1v) is 12.6. The number of methoxy groups -OCH3 is 1. The molecule has 0 aromatic carbocycles. The topological polar surface area (TPSA) is 119 Å². The van der Waals surface area contributed by atoms with E-state index in [2.05, 4.69) is 25.5 Å². The van der Waals surface area contributed by atoms with Crippen LogP contribution in [0.2, 0.25) is 0 Å². The molecular weight excluding hydrogens is 434 g/mol. The molecule has 3 aliphatic rings. The molecule has 2 fully saturated rings. The molecule has 1 aromatic heterocycles. The average Bonchev–Trinajstić information content (AvgIpc) is 2.93. The molecule has 0 radical (unpaired) electrons. The van der Waals surface area contributed by atoms with Gasteiger partial charge in [0.1, 0.15) is 6.10 Å². The Kier molecular flexibility index (Phi) is 14.9. The van der Waals surface area contributed by atoms with Gasteiger partial charge in [-0.05, 0) is 25.9 Å². The minimum atomic E-state index is -0.527. The summed E-state index contributed by atoms with van der Waals surface area (Å²) in [6.07, 6.45) is 3.30. The molecule has 3 aliphatic heterocycles. The molecule has 4 N–H and O–H groups in total. The van der Waals surface area contributed by atoms with Crippen molar-refractivity contribution in [2.45, 2.75) is 66.7 Å². The van der Waals surface area contributed by atoms with Crippen LogP contribution in [0, 0.1) is 0 Å². The maximum Gasteiger partial charge on any atom is 0.229 e. The highest BCUT2D eigenvalue weighted by Crippen LogP contribution is 2.27. The highest BCUT2D eigenvalue weighted by Gasteiger charge is 2.25. The van der Waals surface area contributed by atoms with Gasteiger partial charge in [0.05, 0.1) is 18.9 Å². The fourth-order valence-corrected chi connectivity index (χ4v) is 3.45. The van der Waals surface area contributed by atoms with Crippen molar-refractivity contribution in [3.8, 4) is 5.88 Å². The Hall–Kier alpha value is -2.43. The summed E-state index contributed by atoms with van der Waals surface area (Å²) in [5, 5.41) is 6.29. The van der Waals surface area contributed by atoms with E-state index in [1.54, 1.807) is 13.3 Å². The zero-order valence-electron chi connectivity index (χ0n) is 22.1. The molecule has 194 valence electrons. The molecular formula is C24H45N7O3. The second-order valence-electron chi connectivity index (χ2n) is 6.90. The lowest BCUT2D eigenvalue weighted by atomic mass is 10.1. The van der Waals surface area contributed by atoms with Gasteiger partial charge in [-0.1, -0.05) is 41.5 Å². The van der Waals surface area contributed by atoms with E-state index in [9.17, 15) is 0 Å². The average molecular weight is 480 g/mol. The lowest BCUT2D eigenvalue weighted by Gasteiger charge is -2.29. The first-order chi connectivity index (χ1) is 16.7. The predicted octanol–water partition coefficient (Wildman–Crippen LogP) is 2.75. The number of morpholine rings is 1. The van der Waals surface area contributed by atoms with Gasteiger partial charge in [0.2, 0.25) is 11.8 Å². The highest BCUT2D eigenvalue weighted by molar-refractivity contribution is 5.85. The summed E-state index contributed by atoms with van der Waals surface area (Å²) < 4.78 is 17.2. The second-order valence-corrected chi connectivity index (χ2v) is 6.90. The fourth-order valence-electron chi connectivity index (χ4n) is 3.45.